The predicted molar refractivity (Wildman–Crippen MR) is 150 cm³/mol. The summed E-state index contributed by atoms with van der Waals surface area (Å²) in [4.78, 5) is 31.1. The molecule has 0 radical (unpaired) electrons. The Balaban J connectivity index is 0.00000195. The van der Waals surface area contributed by atoms with Crippen molar-refractivity contribution in [1.82, 2.24) is 14.7 Å². The minimum absolute atomic E-state index is 0.235. The van der Waals surface area contributed by atoms with Crippen LogP contribution >= 0.6 is 0 Å². The summed E-state index contributed by atoms with van der Waals surface area (Å²) in [6, 6.07) is 19.4. The van der Waals surface area contributed by atoms with Crippen molar-refractivity contribution in [1.29, 1.82) is 0 Å². The number of methoxy groups -OCH3 is 1. The van der Waals surface area contributed by atoms with Gasteiger partial charge in [0.05, 0.1) is 12.7 Å². The molecule has 4 rings (SSSR count). The second-order valence-corrected chi connectivity index (χ2v) is 9.33. The van der Waals surface area contributed by atoms with E-state index in [4.69, 9.17) is 4.74 Å². The van der Waals surface area contributed by atoms with Crippen molar-refractivity contribution < 1.29 is 18.7 Å². The standard InChI is InChI=1S/C29H32FN3O3.C2H6/c1-31-12-14-33(15-13-31)20-21-6-4-7-23(16-21)26-17-22(10-11-27(26)30)19-32(2)28(34)24-8-5-9-25(18-24)29(35)36-3;1-2/h4-11,16-18H,12-15,19-20H2,1-3H3;1-2H3. The van der Waals surface area contributed by atoms with E-state index in [2.05, 4.69) is 22.9 Å². The Bertz CT molecular complexity index is 1240. The molecule has 3 aromatic carbocycles. The summed E-state index contributed by atoms with van der Waals surface area (Å²) in [6.45, 7) is 9.28. The zero-order valence-electron chi connectivity index (χ0n) is 23.0. The number of likely N-dealkylation sites (N-methyl/N-ethyl adjacent to an activating group) is 1. The SMILES string of the molecule is CC.COC(=O)c1cccc(C(=O)N(C)Cc2ccc(F)c(-c3cccc(CN4CCN(C)CC4)c3)c2)c1. The molecule has 0 atom stereocenters. The summed E-state index contributed by atoms with van der Waals surface area (Å²) >= 11 is 0. The summed E-state index contributed by atoms with van der Waals surface area (Å²) in [7, 11) is 5.13. The van der Waals surface area contributed by atoms with Crippen molar-refractivity contribution >= 4 is 11.9 Å². The van der Waals surface area contributed by atoms with Crippen LogP contribution in [0.2, 0.25) is 0 Å². The van der Waals surface area contributed by atoms with Gasteiger partial charge in [-0.3, -0.25) is 9.69 Å². The number of halogens is 1. The topological polar surface area (TPSA) is 53.1 Å². The fourth-order valence-electron chi connectivity index (χ4n) is 4.46. The molecule has 0 spiro atoms. The van der Waals surface area contributed by atoms with Gasteiger partial charge >= 0.3 is 5.97 Å². The van der Waals surface area contributed by atoms with E-state index in [-0.39, 0.29) is 11.7 Å². The third-order valence-corrected chi connectivity index (χ3v) is 6.57. The number of piperazine rings is 1. The third kappa shape index (κ3) is 7.49. The predicted octanol–water partition coefficient (Wildman–Crippen LogP) is 5.33. The van der Waals surface area contributed by atoms with Gasteiger partial charge in [0.2, 0.25) is 0 Å². The lowest BCUT2D eigenvalue weighted by atomic mass is 9.99. The van der Waals surface area contributed by atoms with Crippen LogP contribution in [0, 0.1) is 5.82 Å². The van der Waals surface area contributed by atoms with Gasteiger partial charge in [-0.15, -0.1) is 0 Å². The number of ether oxygens (including phenoxy) is 1. The van der Waals surface area contributed by atoms with E-state index < -0.39 is 5.97 Å². The Hall–Kier alpha value is -3.55. The van der Waals surface area contributed by atoms with Crippen LogP contribution in [0.25, 0.3) is 11.1 Å². The van der Waals surface area contributed by atoms with E-state index in [1.54, 1.807) is 42.3 Å². The quantitative estimate of drug-likeness (QED) is 0.395. The van der Waals surface area contributed by atoms with Crippen LogP contribution < -0.4 is 0 Å². The van der Waals surface area contributed by atoms with Gasteiger partial charge in [-0.2, -0.15) is 0 Å². The molecule has 1 fully saturated rings. The summed E-state index contributed by atoms with van der Waals surface area (Å²) in [5.74, 6) is -1.03. The van der Waals surface area contributed by atoms with Gasteiger partial charge in [0, 0.05) is 57.4 Å². The van der Waals surface area contributed by atoms with Crippen molar-refractivity contribution in [2.75, 3.05) is 47.4 Å². The molecule has 0 aliphatic carbocycles. The average molecular weight is 520 g/mol. The molecule has 3 aromatic rings. The van der Waals surface area contributed by atoms with Gasteiger partial charge in [-0.1, -0.05) is 44.2 Å². The van der Waals surface area contributed by atoms with E-state index in [9.17, 15) is 14.0 Å². The molecule has 0 N–H and O–H groups in total. The van der Waals surface area contributed by atoms with Crippen molar-refractivity contribution in [2.24, 2.45) is 0 Å². The molecule has 1 aliphatic rings. The van der Waals surface area contributed by atoms with Gasteiger partial charge in [0.15, 0.2) is 0 Å². The number of carbonyl (C=O) groups excluding carboxylic acids is 2. The normalized spacial score (nSPS) is 13.8. The molecule has 6 nitrogen and oxygen atoms in total. The minimum Gasteiger partial charge on any atom is -0.465 e. The van der Waals surface area contributed by atoms with Crippen molar-refractivity contribution in [2.45, 2.75) is 26.9 Å². The summed E-state index contributed by atoms with van der Waals surface area (Å²) in [6.07, 6.45) is 0. The average Bonchev–Trinajstić information content (AvgIpc) is 2.95. The van der Waals surface area contributed by atoms with Gasteiger partial charge < -0.3 is 14.5 Å². The molecule has 1 amide bonds. The first-order chi connectivity index (χ1) is 18.3. The first-order valence-corrected chi connectivity index (χ1v) is 13.1. The number of hydrogen-bond acceptors (Lipinski definition) is 5. The second-order valence-electron chi connectivity index (χ2n) is 9.33. The number of esters is 1. The summed E-state index contributed by atoms with van der Waals surface area (Å²) < 4.78 is 19.6. The van der Waals surface area contributed by atoms with Crippen LogP contribution in [0.1, 0.15) is 45.7 Å². The molecule has 202 valence electrons. The highest BCUT2D eigenvalue weighted by atomic mass is 19.1. The molecular formula is C31H38FN3O3. The molecule has 1 saturated heterocycles. The van der Waals surface area contributed by atoms with E-state index in [0.29, 0.717) is 23.2 Å². The van der Waals surface area contributed by atoms with Gasteiger partial charge in [-0.05, 0) is 60.1 Å². The van der Waals surface area contributed by atoms with E-state index >= 15 is 0 Å². The highest BCUT2D eigenvalue weighted by molar-refractivity contribution is 5.97. The second kappa shape index (κ2) is 13.8. The van der Waals surface area contributed by atoms with E-state index in [1.807, 2.05) is 32.0 Å². The first-order valence-electron chi connectivity index (χ1n) is 13.1. The van der Waals surface area contributed by atoms with Gasteiger partial charge in [-0.25, -0.2) is 9.18 Å². The van der Waals surface area contributed by atoms with Gasteiger partial charge in [0.25, 0.3) is 5.91 Å². The number of benzene rings is 3. The molecule has 7 heteroatoms. The van der Waals surface area contributed by atoms with Crippen molar-refractivity contribution in [3.63, 3.8) is 0 Å². The molecule has 0 aromatic heterocycles. The summed E-state index contributed by atoms with van der Waals surface area (Å²) in [5.41, 5.74) is 4.01. The Kier molecular flexibility index (Phi) is 10.6. The molecular weight excluding hydrogens is 481 g/mol. The Labute approximate surface area is 225 Å². The maximum absolute atomic E-state index is 14.9. The van der Waals surface area contributed by atoms with Gasteiger partial charge in [0.1, 0.15) is 5.82 Å². The molecule has 1 aliphatic heterocycles. The maximum Gasteiger partial charge on any atom is 0.337 e. The molecule has 1 heterocycles. The molecule has 0 bridgehead atoms. The lowest BCUT2D eigenvalue weighted by Crippen LogP contribution is -2.43. The monoisotopic (exact) mass is 519 g/mol. The first kappa shape index (κ1) is 29.0. The van der Waals surface area contributed by atoms with Crippen molar-refractivity contribution in [3.8, 4) is 11.1 Å². The lowest BCUT2D eigenvalue weighted by Gasteiger charge is -2.32. The lowest BCUT2D eigenvalue weighted by molar-refractivity contribution is 0.0600. The largest absolute Gasteiger partial charge is 0.465 e. The van der Waals surface area contributed by atoms with Crippen LogP contribution in [-0.4, -0.2) is 74.0 Å². The number of amides is 1. The van der Waals surface area contributed by atoms with Crippen LogP contribution in [0.5, 0.6) is 0 Å². The highest BCUT2D eigenvalue weighted by Crippen LogP contribution is 2.26. The Morgan fingerprint density at radius 2 is 1.58 bits per heavy atom. The fourth-order valence-corrected chi connectivity index (χ4v) is 4.46. The van der Waals surface area contributed by atoms with Crippen LogP contribution in [-0.2, 0) is 17.8 Å². The van der Waals surface area contributed by atoms with Crippen LogP contribution in [0.4, 0.5) is 4.39 Å². The smallest absolute Gasteiger partial charge is 0.337 e. The number of carbonyl (C=O) groups is 2. The number of rotatable bonds is 7. The molecule has 0 unspecified atom stereocenters. The van der Waals surface area contributed by atoms with Crippen molar-refractivity contribution in [3.05, 3.63) is 94.8 Å². The summed E-state index contributed by atoms with van der Waals surface area (Å²) in [5, 5.41) is 0. The van der Waals surface area contributed by atoms with E-state index in [1.165, 1.54) is 19.2 Å². The fraction of sp³-hybridized carbons (Fsp3) is 0.355. The van der Waals surface area contributed by atoms with Crippen LogP contribution in [0.3, 0.4) is 0 Å². The Morgan fingerprint density at radius 1 is 0.895 bits per heavy atom. The Morgan fingerprint density at radius 3 is 2.29 bits per heavy atom. The zero-order valence-corrected chi connectivity index (χ0v) is 23.0. The number of nitrogens with zero attached hydrogens (tertiary/aromatic N) is 3. The number of hydrogen-bond donors (Lipinski definition) is 0. The maximum atomic E-state index is 14.9. The van der Waals surface area contributed by atoms with Crippen LogP contribution in [0.15, 0.2) is 66.7 Å². The molecule has 0 saturated carbocycles. The zero-order chi connectivity index (χ0) is 27.7. The third-order valence-electron chi connectivity index (χ3n) is 6.57. The van der Waals surface area contributed by atoms with E-state index in [0.717, 1.165) is 49.4 Å². The minimum atomic E-state index is -0.495. The highest BCUT2D eigenvalue weighted by Gasteiger charge is 2.17. The molecule has 38 heavy (non-hydrogen) atoms.